The molecule has 0 saturated carbocycles. The standard InChI is InChI=1S/C21H23NO5/c1-25-17-5-6-18-16(14-17)9-10-22(18)11-12-27-19-7-3-15(4-8-21(23)24)13-20(19)26-2/h3-8,13-14H,9-12H2,1-2H3,(H,23,24)/b8-4+. The highest BCUT2D eigenvalue weighted by molar-refractivity contribution is 5.85. The average Bonchev–Trinajstić information content (AvgIpc) is 3.09. The number of aliphatic carboxylic acids is 1. The molecule has 1 aliphatic heterocycles. The Morgan fingerprint density at radius 2 is 2.00 bits per heavy atom. The summed E-state index contributed by atoms with van der Waals surface area (Å²) in [4.78, 5) is 12.9. The first-order valence-corrected chi connectivity index (χ1v) is 8.74. The van der Waals surface area contributed by atoms with Gasteiger partial charge >= 0.3 is 5.97 Å². The molecule has 1 heterocycles. The largest absolute Gasteiger partial charge is 0.497 e. The van der Waals surface area contributed by atoms with Crippen molar-refractivity contribution in [3.05, 3.63) is 53.6 Å². The summed E-state index contributed by atoms with van der Waals surface area (Å²) in [6.45, 7) is 2.25. The van der Waals surface area contributed by atoms with E-state index < -0.39 is 5.97 Å². The maximum atomic E-state index is 10.6. The number of carbonyl (C=O) groups is 1. The van der Waals surface area contributed by atoms with E-state index in [0.717, 1.165) is 36.9 Å². The quantitative estimate of drug-likeness (QED) is 0.721. The Balaban J connectivity index is 1.61. The van der Waals surface area contributed by atoms with Crippen molar-refractivity contribution in [3.63, 3.8) is 0 Å². The first-order valence-electron chi connectivity index (χ1n) is 8.74. The number of hydrogen-bond acceptors (Lipinski definition) is 5. The number of hydrogen-bond donors (Lipinski definition) is 1. The second kappa shape index (κ2) is 8.49. The summed E-state index contributed by atoms with van der Waals surface area (Å²) < 4.78 is 16.5. The van der Waals surface area contributed by atoms with Gasteiger partial charge in [-0.1, -0.05) is 6.07 Å². The predicted molar refractivity (Wildman–Crippen MR) is 104 cm³/mol. The van der Waals surface area contributed by atoms with Crippen LogP contribution in [0.2, 0.25) is 0 Å². The van der Waals surface area contributed by atoms with Gasteiger partial charge in [-0.25, -0.2) is 4.79 Å². The van der Waals surface area contributed by atoms with Crippen molar-refractivity contribution in [2.24, 2.45) is 0 Å². The lowest BCUT2D eigenvalue weighted by Crippen LogP contribution is -2.26. The number of benzene rings is 2. The van der Waals surface area contributed by atoms with Gasteiger partial charge in [0, 0.05) is 18.3 Å². The molecule has 6 heteroatoms. The fourth-order valence-electron chi connectivity index (χ4n) is 3.15. The molecule has 2 aromatic rings. The Morgan fingerprint density at radius 1 is 1.15 bits per heavy atom. The molecule has 0 amide bonds. The smallest absolute Gasteiger partial charge is 0.328 e. The van der Waals surface area contributed by atoms with E-state index in [0.29, 0.717) is 18.1 Å². The normalized spacial score (nSPS) is 12.9. The Morgan fingerprint density at radius 3 is 2.74 bits per heavy atom. The summed E-state index contributed by atoms with van der Waals surface area (Å²) >= 11 is 0. The second-order valence-corrected chi connectivity index (χ2v) is 6.16. The first-order chi connectivity index (χ1) is 13.1. The van der Waals surface area contributed by atoms with E-state index in [9.17, 15) is 4.79 Å². The Hall–Kier alpha value is -3.15. The minimum atomic E-state index is -0.988. The van der Waals surface area contributed by atoms with Gasteiger partial charge in [-0.3, -0.25) is 0 Å². The van der Waals surface area contributed by atoms with E-state index in [4.69, 9.17) is 19.3 Å². The molecule has 1 aliphatic rings. The van der Waals surface area contributed by atoms with Gasteiger partial charge in [-0.15, -0.1) is 0 Å². The van der Waals surface area contributed by atoms with Crippen LogP contribution in [0, 0.1) is 0 Å². The number of methoxy groups -OCH3 is 2. The summed E-state index contributed by atoms with van der Waals surface area (Å²) in [5.74, 6) is 1.11. The molecule has 0 fully saturated rings. The number of carboxylic acid groups (broad SMARTS) is 1. The van der Waals surface area contributed by atoms with Crippen molar-refractivity contribution in [3.8, 4) is 17.2 Å². The Bertz CT molecular complexity index is 846. The lowest BCUT2D eigenvalue weighted by Gasteiger charge is -2.20. The van der Waals surface area contributed by atoms with Crippen molar-refractivity contribution in [2.45, 2.75) is 6.42 Å². The Labute approximate surface area is 158 Å². The molecule has 27 heavy (non-hydrogen) atoms. The maximum absolute atomic E-state index is 10.6. The number of ether oxygens (including phenoxy) is 3. The van der Waals surface area contributed by atoms with E-state index in [2.05, 4.69) is 17.0 Å². The second-order valence-electron chi connectivity index (χ2n) is 6.16. The third-order valence-corrected chi connectivity index (χ3v) is 4.50. The Kier molecular flexibility index (Phi) is 5.86. The van der Waals surface area contributed by atoms with Crippen LogP contribution in [0.1, 0.15) is 11.1 Å². The van der Waals surface area contributed by atoms with Crippen LogP contribution in [0.5, 0.6) is 17.2 Å². The van der Waals surface area contributed by atoms with Gasteiger partial charge in [0.1, 0.15) is 12.4 Å². The molecule has 3 rings (SSSR count). The fraction of sp³-hybridized carbons (Fsp3) is 0.286. The number of nitrogens with zero attached hydrogens (tertiary/aromatic N) is 1. The van der Waals surface area contributed by atoms with Gasteiger partial charge < -0.3 is 24.2 Å². The molecule has 6 nitrogen and oxygen atoms in total. The third-order valence-electron chi connectivity index (χ3n) is 4.50. The monoisotopic (exact) mass is 369 g/mol. The molecule has 142 valence electrons. The highest BCUT2D eigenvalue weighted by atomic mass is 16.5. The van der Waals surface area contributed by atoms with Gasteiger partial charge in [0.25, 0.3) is 0 Å². The van der Waals surface area contributed by atoms with Crippen LogP contribution in [0.25, 0.3) is 6.08 Å². The van der Waals surface area contributed by atoms with Gasteiger partial charge in [0.05, 0.1) is 20.8 Å². The zero-order valence-corrected chi connectivity index (χ0v) is 15.5. The number of rotatable bonds is 8. The molecular formula is C21H23NO5. The van der Waals surface area contributed by atoms with Crippen LogP contribution in [-0.4, -0.2) is 45.0 Å². The van der Waals surface area contributed by atoms with Gasteiger partial charge in [0.2, 0.25) is 0 Å². The predicted octanol–water partition coefficient (Wildman–Crippen LogP) is 3.24. The first kappa shape index (κ1) is 18.6. The van der Waals surface area contributed by atoms with Crippen molar-refractivity contribution in [1.29, 1.82) is 0 Å². The molecule has 0 atom stereocenters. The van der Waals surface area contributed by atoms with E-state index >= 15 is 0 Å². The highest BCUT2D eigenvalue weighted by Crippen LogP contribution is 2.32. The lowest BCUT2D eigenvalue weighted by atomic mass is 10.1. The molecule has 0 unspecified atom stereocenters. The topological polar surface area (TPSA) is 68.2 Å². The number of fused-ring (bicyclic) bond motifs is 1. The zero-order valence-electron chi connectivity index (χ0n) is 15.5. The molecule has 0 saturated heterocycles. The minimum Gasteiger partial charge on any atom is -0.497 e. The summed E-state index contributed by atoms with van der Waals surface area (Å²) in [6, 6.07) is 11.5. The highest BCUT2D eigenvalue weighted by Gasteiger charge is 2.19. The van der Waals surface area contributed by atoms with Crippen LogP contribution in [-0.2, 0) is 11.2 Å². The fourth-order valence-corrected chi connectivity index (χ4v) is 3.15. The minimum absolute atomic E-state index is 0.520. The zero-order chi connectivity index (χ0) is 19.2. The SMILES string of the molecule is COc1ccc2c(c1)CCN2CCOc1ccc(/C=C/C(=O)O)cc1OC. The molecule has 0 aromatic heterocycles. The number of anilines is 1. The van der Waals surface area contributed by atoms with Crippen LogP contribution in [0.15, 0.2) is 42.5 Å². The van der Waals surface area contributed by atoms with Crippen molar-refractivity contribution >= 4 is 17.7 Å². The van der Waals surface area contributed by atoms with Crippen LogP contribution < -0.4 is 19.1 Å². The molecule has 0 bridgehead atoms. The van der Waals surface area contributed by atoms with E-state index in [1.165, 1.54) is 17.3 Å². The van der Waals surface area contributed by atoms with Crippen molar-refractivity contribution in [2.75, 3.05) is 38.8 Å². The van der Waals surface area contributed by atoms with Gasteiger partial charge in [-0.2, -0.15) is 0 Å². The molecule has 1 N–H and O–H groups in total. The third kappa shape index (κ3) is 4.53. The summed E-state index contributed by atoms with van der Waals surface area (Å²) in [5, 5.41) is 8.72. The molecule has 0 radical (unpaired) electrons. The van der Waals surface area contributed by atoms with Crippen LogP contribution in [0.3, 0.4) is 0 Å². The lowest BCUT2D eigenvalue weighted by molar-refractivity contribution is -0.131. The van der Waals surface area contributed by atoms with E-state index in [1.54, 1.807) is 32.4 Å². The molecular weight excluding hydrogens is 346 g/mol. The van der Waals surface area contributed by atoms with E-state index in [1.807, 2.05) is 6.07 Å². The van der Waals surface area contributed by atoms with Gasteiger partial charge in [-0.05, 0) is 54.0 Å². The average molecular weight is 369 g/mol. The van der Waals surface area contributed by atoms with Crippen LogP contribution in [0.4, 0.5) is 5.69 Å². The maximum Gasteiger partial charge on any atom is 0.328 e. The molecule has 2 aromatic carbocycles. The van der Waals surface area contributed by atoms with E-state index in [-0.39, 0.29) is 0 Å². The summed E-state index contributed by atoms with van der Waals surface area (Å²) in [5.41, 5.74) is 3.26. The molecule has 0 aliphatic carbocycles. The van der Waals surface area contributed by atoms with Crippen LogP contribution >= 0.6 is 0 Å². The summed E-state index contributed by atoms with van der Waals surface area (Å²) in [7, 11) is 3.25. The van der Waals surface area contributed by atoms with Crippen molar-refractivity contribution < 1.29 is 24.1 Å². The van der Waals surface area contributed by atoms with Gasteiger partial charge in [0.15, 0.2) is 11.5 Å². The number of carboxylic acids is 1. The summed E-state index contributed by atoms with van der Waals surface area (Å²) in [6.07, 6.45) is 3.61. The van der Waals surface area contributed by atoms with Crippen molar-refractivity contribution in [1.82, 2.24) is 0 Å². The molecule has 0 spiro atoms.